The van der Waals surface area contributed by atoms with E-state index in [-0.39, 0.29) is 17.1 Å². The van der Waals surface area contributed by atoms with Crippen LogP contribution in [0.5, 0.6) is 0 Å². The number of aromatic amines is 1. The Kier molecular flexibility index (Phi) is 3.12. The fraction of sp³-hybridized carbons (Fsp3) is 0.0833. The summed E-state index contributed by atoms with van der Waals surface area (Å²) in [5, 5.41) is 8.81. The summed E-state index contributed by atoms with van der Waals surface area (Å²) >= 11 is 0. The van der Waals surface area contributed by atoms with E-state index in [1.165, 1.54) is 19.1 Å². The molecule has 98 valence electrons. The molecule has 1 aromatic carbocycles. The first-order valence-electron chi connectivity index (χ1n) is 5.20. The van der Waals surface area contributed by atoms with Gasteiger partial charge in [-0.15, -0.1) is 0 Å². The highest BCUT2D eigenvalue weighted by Crippen LogP contribution is 2.20. The molecule has 1 heterocycles. The van der Waals surface area contributed by atoms with Gasteiger partial charge in [-0.2, -0.15) is 0 Å². The Bertz CT molecular complexity index is 725. The van der Waals surface area contributed by atoms with Gasteiger partial charge < -0.3 is 10.1 Å². The first-order valence-corrected chi connectivity index (χ1v) is 5.20. The number of hydrogen-bond acceptors (Lipinski definition) is 3. The van der Waals surface area contributed by atoms with Gasteiger partial charge in [-0.25, -0.2) is 18.6 Å². The summed E-state index contributed by atoms with van der Waals surface area (Å²) in [6.45, 7) is 1.30. The zero-order valence-electron chi connectivity index (χ0n) is 9.70. The molecule has 0 aliphatic heterocycles. The van der Waals surface area contributed by atoms with Crippen LogP contribution in [0.2, 0.25) is 0 Å². The van der Waals surface area contributed by atoms with Gasteiger partial charge >= 0.3 is 5.97 Å². The number of benzene rings is 1. The van der Waals surface area contributed by atoms with Gasteiger partial charge in [0.2, 0.25) is 0 Å². The van der Waals surface area contributed by atoms with Crippen molar-refractivity contribution in [3.8, 4) is 11.4 Å². The van der Waals surface area contributed by atoms with E-state index in [0.29, 0.717) is 0 Å². The van der Waals surface area contributed by atoms with Gasteiger partial charge in [0.25, 0.3) is 5.56 Å². The Hall–Kier alpha value is -2.57. The molecule has 0 aliphatic carbocycles. The van der Waals surface area contributed by atoms with Crippen molar-refractivity contribution in [1.82, 2.24) is 9.97 Å². The number of carboxylic acids is 1. The third-order valence-corrected chi connectivity index (χ3v) is 2.52. The second-order valence-corrected chi connectivity index (χ2v) is 3.78. The van der Waals surface area contributed by atoms with Crippen LogP contribution in [0.15, 0.2) is 23.0 Å². The molecule has 0 amide bonds. The van der Waals surface area contributed by atoms with Gasteiger partial charge in [0.15, 0.2) is 11.6 Å². The Morgan fingerprint density at radius 1 is 1.37 bits per heavy atom. The van der Waals surface area contributed by atoms with E-state index < -0.39 is 28.7 Å². The summed E-state index contributed by atoms with van der Waals surface area (Å²) in [5.41, 5.74) is -1.76. The molecule has 1 aromatic heterocycles. The third kappa shape index (κ3) is 2.22. The number of hydrogen-bond donors (Lipinski definition) is 2. The van der Waals surface area contributed by atoms with Crippen molar-refractivity contribution in [2.24, 2.45) is 0 Å². The zero-order valence-corrected chi connectivity index (χ0v) is 9.70. The van der Waals surface area contributed by atoms with Crippen LogP contribution >= 0.6 is 0 Å². The number of aromatic nitrogens is 2. The molecule has 19 heavy (non-hydrogen) atoms. The molecule has 2 aromatic rings. The molecule has 0 fully saturated rings. The van der Waals surface area contributed by atoms with Gasteiger partial charge in [-0.05, 0) is 19.1 Å². The van der Waals surface area contributed by atoms with Crippen LogP contribution in [-0.2, 0) is 0 Å². The molecular weight excluding hydrogens is 258 g/mol. The number of aromatic carboxylic acids is 1. The molecule has 0 spiro atoms. The zero-order chi connectivity index (χ0) is 14.2. The maximum atomic E-state index is 13.6. The molecule has 0 atom stereocenters. The molecule has 0 unspecified atom stereocenters. The second kappa shape index (κ2) is 4.60. The Morgan fingerprint density at radius 2 is 2.05 bits per heavy atom. The Labute approximate surface area is 105 Å². The quantitative estimate of drug-likeness (QED) is 0.867. The van der Waals surface area contributed by atoms with Crippen molar-refractivity contribution in [3.63, 3.8) is 0 Å². The molecule has 0 aliphatic rings. The number of carbonyl (C=O) groups is 1. The average Bonchev–Trinajstić information content (AvgIpc) is 2.31. The smallest absolute Gasteiger partial charge is 0.343 e. The normalized spacial score (nSPS) is 10.5. The van der Waals surface area contributed by atoms with E-state index in [0.717, 1.165) is 6.07 Å². The maximum Gasteiger partial charge on any atom is 0.343 e. The van der Waals surface area contributed by atoms with Gasteiger partial charge in [0.05, 0.1) is 11.3 Å². The molecule has 2 rings (SSSR count). The van der Waals surface area contributed by atoms with Crippen LogP contribution in [0, 0.1) is 18.6 Å². The van der Waals surface area contributed by atoms with Gasteiger partial charge in [0, 0.05) is 0 Å². The first kappa shape index (κ1) is 12.9. The number of halogens is 2. The minimum atomic E-state index is -1.43. The highest BCUT2D eigenvalue weighted by molar-refractivity contribution is 5.88. The van der Waals surface area contributed by atoms with Gasteiger partial charge in [-0.1, -0.05) is 6.07 Å². The molecular formula is C12H8F2N2O3. The molecule has 2 N–H and O–H groups in total. The number of nitrogens with one attached hydrogen (secondary N) is 1. The van der Waals surface area contributed by atoms with E-state index in [1.54, 1.807) is 0 Å². The molecule has 0 saturated carbocycles. The summed E-state index contributed by atoms with van der Waals surface area (Å²) in [6, 6.07) is 3.42. The third-order valence-electron chi connectivity index (χ3n) is 2.52. The highest BCUT2D eigenvalue weighted by atomic mass is 19.2. The first-order chi connectivity index (χ1) is 8.91. The lowest BCUT2D eigenvalue weighted by Crippen LogP contribution is -2.21. The summed E-state index contributed by atoms with van der Waals surface area (Å²) in [4.78, 5) is 28.3. The summed E-state index contributed by atoms with van der Waals surface area (Å²) in [7, 11) is 0. The van der Waals surface area contributed by atoms with E-state index in [2.05, 4.69) is 9.97 Å². The summed E-state index contributed by atoms with van der Waals surface area (Å²) in [5.74, 6) is -3.89. The van der Waals surface area contributed by atoms with Crippen LogP contribution in [-0.4, -0.2) is 21.0 Å². The van der Waals surface area contributed by atoms with Gasteiger partial charge in [-0.3, -0.25) is 4.79 Å². The van der Waals surface area contributed by atoms with Crippen LogP contribution < -0.4 is 5.56 Å². The number of nitrogens with zero attached hydrogens (tertiary/aromatic N) is 1. The summed E-state index contributed by atoms with van der Waals surface area (Å²) in [6.07, 6.45) is 0. The lowest BCUT2D eigenvalue weighted by atomic mass is 10.1. The molecule has 0 radical (unpaired) electrons. The number of carboxylic acid groups (broad SMARTS) is 1. The molecule has 0 bridgehead atoms. The second-order valence-electron chi connectivity index (χ2n) is 3.78. The lowest BCUT2D eigenvalue weighted by molar-refractivity contribution is 0.0693. The fourth-order valence-electron chi connectivity index (χ4n) is 1.65. The Morgan fingerprint density at radius 3 is 2.63 bits per heavy atom. The predicted octanol–water partition coefficient (Wildman–Crippen LogP) is 1.72. The van der Waals surface area contributed by atoms with Gasteiger partial charge in [0.1, 0.15) is 11.4 Å². The maximum absolute atomic E-state index is 13.6. The van der Waals surface area contributed by atoms with Crippen molar-refractivity contribution < 1.29 is 18.7 Å². The minimum absolute atomic E-state index is 0.0742. The molecule has 5 nitrogen and oxygen atoms in total. The fourth-order valence-corrected chi connectivity index (χ4v) is 1.65. The van der Waals surface area contributed by atoms with Crippen LogP contribution in [0.1, 0.15) is 16.1 Å². The predicted molar refractivity (Wildman–Crippen MR) is 61.9 cm³/mol. The lowest BCUT2D eigenvalue weighted by Gasteiger charge is -2.05. The largest absolute Gasteiger partial charge is 0.477 e. The SMILES string of the molecule is Cc1nc(-c2cccc(F)c2F)[nH]c(=O)c1C(=O)O. The monoisotopic (exact) mass is 266 g/mol. The van der Waals surface area contributed by atoms with Crippen LogP contribution in [0.4, 0.5) is 8.78 Å². The van der Waals surface area contributed by atoms with E-state index in [9.17, 15) is 18.4 Å². The summed E-state index contributed by atoms with van der Waals surface area (Å²) < 4.78 is 26.6. The van der Waals surface area contributed by atoms with Crippen molar-refractivity contribution in [1.29, 1.82) is 0 Å². The standard InChI is InChI=1S/C12H8F2N2O3/c1-5-8(12(18)19)11(17)16-10(15-5)6-3-2-4-7(13)9(6)14/h2-4H,1H3,(H,18,19)(H,15,16,17). The van der Waals surface area contributed by atoms with Crippen molar-refractivity contribution >= 4 is 5.97 Å². The van der Waals surface area contributed by atoms with E-state index >= 15 is 0 Å². The van der Waals surface area contributed by atoms with Crippen molar-refractivity contribution in [2.75, 3.05) is 0 Å². The van der Waals surface area contributed by atoms with Crippen LogP contribution in [0.25, 0.3) is 11.4 Å². The Balaban J connectivity index is 2.69. The van der Waals surface area contributed by atoms with Crippen molar-refractivity contribution in [3.05, 3.63) is 51.4 Å². The minimum Gasteiger partial charge on any atom is -0.477 e. The number of H-pyrrole nitrogens is 1. The van der Waals surface area contributed by atoms with E-state index in [1.807, 2.05) is 0 Å². The van der Waals surface area contributed by atoms with E-state index in [4.69, 9.17) is 5.11 Å². The molecule has 0 saturated heterocycles. The highest BCUT2D eigenvalue weighted by Gasteiger charge is 2.18. The van der Waals surface area contributed by atoms with Crippen LogP contribution in [0.3, 0.4) is 0 Å². The average molecular weight is 266 g/mol. The van der Waals surface area contributed by atoms with Crippen molar-refractivity contribution in [2.45, 2.75) is 6.92 Å². The number of aryl methyl sites for hydroxylation is 1. The number of rotatable bonds is 2. The molecule has 7 heteroatoms. The topological polar surface area (TPSA) is 83.0 Å².